The Hall–Kier alpha value is -1.35. The molecule has 21 heavy (non-hydrogen) atoms. The first kappa shape index (κ1) is 16.0. The topological polar surface area (TPSA) is 35.5 Å². The molecule has 0 amide bonds. The quantitative estimate of drug-likeness (QED) is 0.803. The summed E-state index contributed by atoms with van der Waals surface area (Å²) < 4.78 is 11.2. The van der Waals surface area contributed by atoms with E-state index in [1.807, 2.05) is 13.0 Å². The summed E-state index contributed by atoms with van der Waals surface area (Å²) in [4.78, 5) is 12.4. The van der Waals surface area contributed by atoms with Gasteiger partial charge in [-0.2, -0.15) is 0 Å². The second kappa shape index (κ2) is 6.61. The Labute approximate surface area is 127 Å². The van der Waals surface area contributed by atoms with Gasteiger partial charge in [-0.05, 0) is 36.0 Å². The third-order valence-electron chi connectivity index (χ3n) is 3.83. The maximum Gasteiger partial charge on any atom is 0.162 e. The van der Waals surface area contributed by atoms with E-state index >= 15 is 0 Å². The monoisotopic (exact) mass is 290 g/mol. The molecule has 0 fully saturated rings. The standard InChI is InChI=1S/C18H26O3/c1-5-20-17(18(2,3)4)15(19)8-6-13-7-9-16-14(12-13)10-11-21-16/h7,9,12,17H,5-6,8,10-11H2,1-4H3. The van der Waals surface area contributed by atoms with Crippen LogP contribution in [0.4, 0.5) is 0 Å². The van der Waals surface area contributed by atoms with Crippen molar-refractivity contribution in [3.8, 4) is 5.75 Å². The number of ketones is 1. The molecule has 2 rings (SSSR count). The van der Waals surface area contributed by atoms with Crippen LogP contribution in [0.1, 0.15) is 45.2 Å². The van der Waals surface area contributed by atoms with E-state index in [9.17, 15) is 4.79 Å². The molecule has 0 N–H and O–H groups in total. The van der Waals surface area contributed by atoms with E-state index in [1.54, 1.807) is 0 Å². The van der Waals surface area contributed by atoms with Crippen LogP contribution in [0.15, 0.2) is 18.2 Å². The number of carbonyl (C=O) groups excluding carboxylic acids is 1. The van der Waals surface area contributed by atoms with Gasteiger partial charge in [0.2, 0.25) is 0 Å². The molecule has 1 aromatic carbocycles. The Morgan fingerprint density at radius 2 is 2.14 bits per heavy atom. The van der Waals surface area contributed by atoms with Crippen molar-refractivity contribution in [2.75, 3.05) is 13.2 Å². The molecule has 0 bridgehead atoms. The van der Waals surface area contributed by atoms with Gasteiger partial charge >= 0.3 is 0 Å². The molecule has 0 aromatic heterocycles. The number of Topliss-reactive ketones (excluding diaryl/α,β-unsaturated/α-hetero) is 1. The second-order valence-electron chi connectivity index (χ2n) is 6.71. The van der Waals surface area contributed by atoms with E-state index in [0.29, 0.717) is 13.0 Å². The van der Waals surface area contributed by atoms with E-state index in [1.165, 1.54) is 11.1 Å². The van der Waals surface area contributed by atoms with Crippen molar-refractivity contribution in [3.63, 3.8) is 0 Å². The molecule has 3 nitrogen and oxygen atoms in total. The summed E-state index contributed by atoms with van der Waals surface area (Å²) in [6.45, 7) is 9.44. The summed E-state index contributed by atoms with van der Waals surface area (Å²) in [7, 11) is 0. The molecule has 0 aliphatic carbocycles. The van der Waals surface area contributed by atoms with Crippen LogP contribution in [0, 0.1) is 5.41 Å². The Morgan fingerprint density at radius 1 is 1.38 bits per heavy atom. The summed E-state index contributed by atoms with van der Waals surface area (Å²) >= 11 is 0. The lowest BCUT2D eigenvalue weighted by molar-refractivity contribution is -0.137. The second-order valence-corrected chi connectivity index (χ2v) is 6.71. The minimum atomic E-state index is -0.319. The largest absolute Gasteiger partial charge is 0.493 e. The van der Waals surface area contributed by atoms with Crippen LogP contribution in [0.25, 0.3) is 0 Å². The van der Waals surface area contributed by atoms with Crippen molar-refractivity contribution in [1.82, 2.24) is 0 Å². The molecule has 1 unspecified atom stereocenters. The van der Waals surface area contributed by atoms with Crippen molar-refractivity contribution < 1.29 is 14.3 Å². The van der Waals surface area contributed by atoms with Gasteiger partial charge in [-0.1, -0.05) is 32.9 Å². The maximum absolute atomic E-state index is 12.4. The van der Waals surface area contributed by atoms with Crippen molar-refractivity contribution in [2.45, 2.75) is 53.1 Å². The minimum Gasteiger partial charge on any atom is -0.493 e. The van der Waals surface area contributed by atoms with E-state index in [-0.39, 0.29) is 17.3 Å². The van der Waals surface area contributed by atoms with Crippen molar-refractivity contribution >= 4 is 5.78 Å². The fraction of sp³-hybridized carbons (Fsp3) is 0.611. The number of hydrogen-bond acceptors (Lipinski definition) is 3. The lowest BCUT2D eigenvalue weighted by Crippen LogP contribution is -2.37. The van der Waals surface area contributed by atoms with Crippen LogP contribution >= 0.6 is 0 Å². The van der Waals surface area contributed by atoms with E-state index in [4.69, 9.17) is 9.47 Å². The van der Waals surface area contributed by atoms with E-state index < -0.39 is 0 Å². The summed E-state index contributed by atoms with van der Waals surface area (Å²) in [5.74, 6) is 1.19. The number of carbonyl (C=O) groups is 1. The number of ether oxygens (including phenoxy) is 2. The Balaban J connectivity index is 1.96. The molecule has 0 saturated heterocycles. The third kappa shape index (κ3) is 4.07. The molecule has 1 heterocycles. The van der Waals surface area contributed by atoms with Crippen LogP contribution in [0.5, 0.6) is 5.75 Å². The predicted molar refractivity (Wildman–Crippen MR) is 83.8 cm³/mol. The predicted octanol–water partition coefficient (Wildman–Crippen LogP) is 3.57. The van der Waals surface area contributed by atoms with Gasteiger partial charge in [-0.15, -0.1) is 0 Å². The first-order chi connectivity index (χ1) is 9.91. The van der Waals surface area contributed by atoms with E-state index in [2.05, 4.69) is 32.9 Å². The highest BCUT2D eigenvalue weighted by Crippen LogP contribution is 2.27. The SMILES string of the molecule is CCOC(C(=O)CCc1ccc2c(c1)CCO2)C(C)(C)C. The van der Waals surface area contributed by atoms with Crippen molar-refractivity contribution in [3.05, 3.63) is 29.3 Å². The molecular weight excluding hydrogens is 264 g/mol. The molecular formula is C18H26O3. The lowest BCUT2D eigenvalue weighted by atomic mass is 9.84. The zero-order chi connectivity index (χ0) is 15.5. The van der Waals surface area contributed by atoms with Crippen LogP contribution in [-0.2, 0) is 22.4 Å². The molecule has 1 aromatic rings. The highest BCUT2D eigenvalue weighted by atomic mass is 16.5. The highest BCUT2D eigenvalue weighted by Gasteiger charge is 2.31. The number of rotatable bonds is 6. The molecule has 116 valence electrons. The van der Waals surface area contributed by atoms with Gasteiger partial charge in [0, 0.05) is 19.4 Å². The Morgan fingerprint density at radius 3 is 2.81 bits per heavy atom. The Bertz CT molecular complexity index is 500. The fourth-order valence-corrected chi connectivity index (χ4v) is 2.79. The zero-order valence-electron chi connectivity index (χ0n) is 13.6. The summed E-state index contributed by atoms with van der Waals surface area (Å²) in [6.07, 6.45) is 1.95. The van der Waals surface area contributed by atoms with E-state index in [0.717, 1.165) is 25.2 Å². The minimum absolute atomic E-state index is 0.154. The fourth-order valence-electron chi connectivity index (χ4n) is 2.79. The first-order valence-corrected chi connectivity index (χ1v) is 7.80. The van der Waals surface area contributed by atoms with Crippen LogP contribution < -0.4 is 4.74 Å². The van der Waals surface area contributed by atoms with Crippen molar-refractivity contribution in [1.29, 1.82) is 0 Å². The lowest BCUT2D eigenvalue weighted by Gasteiger charge is -2.29. The van der Waals surface area contributed by atoms with Crippen LogP contribution in [0.2, 0.25) is 0 Å². The Kier molecular flexibility index (Phi) is 5.04. The molecule has 1 atom stereocenters. The highest BCUT2D eigenvalue weighted by molar-refractivity contribution is 5.84. The normalized spacial score (nSPS) is 15.4. The summed E-state index contributed by atoms with van der Waals surface area (Å²) in [5.41, 5.74) is 2.31. The molecule has 0 spiro atoms. The number of aryl methyl sites for hydroxylation is 1. The number of hydrogen-bond donors (Lipinski definition) is 0. The van der Waals surface area contributed by atoms with Gasteiger partial charge in [0.15, 0.2) is 5.78 Å². The summed E-state index contributed by atoms with van der Waals surface area (Å²) in [5, 5.41) is 0. The van der Waals surface area contributed by atoms with Crippen molar-refractivity contribution in [2.24, 2.45) is 5.41 Å². The third-order valence-corrected chi connectivity index (χ3v) is 3.83. The van der Waals surface area contributed by atoms with Gasteiger partial charge in [-0.25, -0.2) is 0 Å². The molecule has 1 aliphatic rings. The van der Waals surface area contributed by atoms with Gasteiger partial charge in [0.1, 0.15) is 11.9 Å². The molecule has 0 radical (unpaired) electrons. The first-order valence-electron chi connectivity index (χ1n) is 7.80. The van der Waals surface area contributed by atoms with Gasteiger partial charge in [0.25, 0.3) is 0 Å². The molecule has 0 saturated carbocycles. The van der Waals surface area contributed by atoms with Gasteiger partial charge in [-0.3, -0.25) is 4.79 Å². The number of fused-ring (bicyclic) bond motifs is 1. The summed E-state index contributed by atoms with van der Waals surface area (Å²) in [6, 6.07) is 6.25. The zero-order valence-corrected chi connectivity index (χ0v) is 13.6. The van der Waals surface area contributed by atoms with Crippen LogP contribution in [0.3, 0.4) is 0 Å². The van der Waals surface area contributed by atoms with Gasteiger partial charge < -0.3 is 9.47 Å². The van der Waals surface area contributed by atoms with Gasteiger partial charge in [0.05, 0.1) is 6.61 Å². The molecule has 1 aliphatic heterocycles. The number of benzene rings is 1. The van der Waals surface area contributed by atoms with Crippen LogP contribution in [-0.4, -0.2) is 25.1 Å². The average molecular weight is 290 g/mol. The molecule has 3 heteroatoms. The average Bonchev–Trinajstić information content (AvgIpc) is 2.88. The maximum atomic E-state index is 12.4. The smallest absolute Gasteiger partial charge is 0.162 e.